The fourth-order valence-electron chi connectivity index (χ4n) is 9.94. The van der Waals surface area contributed by atoms with Crippen LogP contribution in [0.25, 0.3) is 67.2 Å². The number of hydrogen-bond acceptors (Lipinski definition) is 3. The first kappa shape index (κ1) is 36.0. The molecule has 12 rings (SSSR count). The van der Waals surface area contributed by atoms with Crippen molar-refractivity contribution in [2.45, 2.75) is 18.3 Å². The number of hydrogen-bond donors (Lipinski definition) is 0. The van der Waals surface area contributed by atoms with E-state index in [4.69, 9.17) is 14.7 Å². The molecule has 1 spiro atoms. The number of para-hydroxylation sites is 1. The van der Waals surface area contributed by atoms with E-state index in [0.717, 1.165) is 52.7 Å². The maximum Gasteiger partial charge on any atom is 0.160 e. The zero-order valence-corrected chi connectivity index (χ0v) is 34.0. The molecule has 0 unspecified atom stereocenters. The molecule has 0 bridgehead atoms. The molecule has 62 heavy (non-hydrogen) atoms. The van der Waals surface area contributed by atoms with Crippen LogP contribution in [0.1, 0.15) is 46.4 Å². The third-order valence-corrected chi connectivity index (χ3v) is 13.0. The fraction of sp³-hybridized carbons (Fsp3) is 0.0508. The van der Waals surface area contributed by atoms with Crippen LogP contribution >= 0.6 is 0 Å². The van der Waals surface area contributed by atoms with Crippen LogP contribution in [0.5, 0.6) is 11.5 Å². The van der Waals surface area contributed by atoms with Crippen molar-refractivity contribution in [2.75, 3.05) is 0 Å². The molecule has 0 saturated carbocycles. The molecule has 292 valence electrons. The molecule has 0 radical (unpaired) electrons. The van der Waals surface area contributed by atoms with Crippen LogP contribution in [0.3, 0.4) is 0 Å². The molecular formula is C59H40N2O. The van der Waals surface area contributed by atoms with Gasteiger partial charge >= 0.3 is 0 Å². The summed E-state index contributed by atoms with van der Waals surface area (Å²) in [6.45, 7) is 0. The van der Waals surface area contributed by atoms with Gasteiger partial charge in [-0.1, -0.05) is 194 Å². The van der Waals surface area contributed by atoms with E-state index < -0.39 is 5.41 Å². The standard InChI is InChI=1S/C59H40N2O/c1-3-13-39(14-4-1)41-23-29-44(30-24-41)54-38-55(61-58(60-54)46-33-27-42(28-34-46)40-15-5-2-6-16-40)45-31-25-43(26-32-45)47-35-36-57-53(37-47)59(52-21-11-12-22-56(52)62-57)50-19-9-7-17-48(50)49-18-8-10-20-51(49)59/h1-25,27-31,33-38H,26,32H2. The van der Waals surface area contributed by atoms with Crippen LogP contribution in [-0.4, -0.2) is 9.97 Å². The smallest absolute Gasteiger partial charge is 0.160 e. The second kappa shape index (κ2) is 14.7. The van der Waals surface area contributed by atoms with Gasteiger partial charge in [0.25, 0.3) is 0 Å². The van der Waals surface area contributed by atoms with Gasteiger partial charge in [-0.2, -0.15) is 0 Å². The number of fused-ring (bicyclic) bond motifs is 9. The van der Waals surface area contributed by atoms with E-state index in [1.54, 1.807) is 0 Å². The second-order valence-corrected chi connectivity index (χ2v) is 16.4. The molecule has 3 nitrogen and oxygen atoms in total. The summed E-state index contributed by atoms with van der Waals surface area (Å²) >= 11 is 0. The summed E-state index contributed by atoms with van der Waals surface area (Å²) < 4.78 is 6.72. The highest BCUT2D eigenvalue weighted by atomic mass is 16.5. The number of benzene rings is 8. The van der Waals surface area contributed by atoms with E-state index in [2.05, 4.69) is 212 Å². The van der Waals surface area contributed by atoms with Crippen LogP contribution in [0.4, 0.5) is 0 Å². The van der Waals surface area contributed by atoms with Gasteiger partial charge in [0, 0.05) is 22.3 Å². The Labute approximate surface area is 362 Å². The fourth-order valence-corrected chi connectivity index (χ4v) is 9.94. The first-order valence-corrected chi connectivity index (χ1v) is 21.4. The van der Waals surface area contributed by atoms with Gasteiger partial charge in [0.15, 0.2) is 5.82 Å². The van der Waals surface area contributed by atoms with Crippen molar-refractivity contribution in [3.8, 4) is 67.5 Å². The van der Waals surface area contributed by atoms with Crippen LogP contribution in [-0.2, 0) is 5.41 Å². The molecule has 0 N–H and O–H groups in total. The van der Waals surface area contributed by atoms with Gasteiger partial charge in [0.1, 0.15) is 11.5 Å². The summed E-state index contributed by atoms with van der Waals surface area (Å²) in [5.74, 6) is 2.53. The number of nitrogens with zero attached hydrogens (tertiary/aromatic N) is 2. The molecule has 3 aliphatic rings. The van der Waals surface area contributed by atoms with E-state index in [1.807, 2.05) is 6.07 Å². The van der Waals surface area contributed by atoms with Crippen molar-refractivity contribution in [3.05, 3.63) is 252 Å². The van der Waals surface area contributed by atoms with Gasteiger partial charge in [0.05, 0.1) is 16.8 Å². The highest BCUT2D eigenvalue weighted by Gasteiger charge is 2.51. The van der Waals surface area contributed by atoms with Crippen molar-refractivity contribution in [1.29, 1.82) is 0 Å². The Hall–Kier alpha value is -7.88. The SMILES string of the molecule is C1=C(c2ccc3c(c2)C2(c4ccccc4O3)c3ccccc3-c3ccccc32)CCC(c2cc(-c3ccc(-c4ccccc4)cc3)nc(-c3ccc(-c4ccccc4)cc3)n2)=C1. The molecule has 0 atom stereocenters. The minimum absolute atomic E-state index is 0.490. The van der Waals surface area contributed by atoms with Gasteiger partial charge < -0.3 is 4.74 Å². The van der Waals surface area contributed by atoms with Gasteiger partial charge in [-0.05, 0) is 98.3 Å². The number of aromatic nitrogens is 2. The maximum atomic E-state index is 6.72. The van der Waals surface area contributed by atoms with Crippen LogP contribution in [0.2, 0.25) is 0 Å². The van der Waals surface area contributed by atoms with Crippen LogP contribution < -0.4 is 4.74 Å². The lowest BCUT2D eigenvalue weighted by Gasteiger charge is -2.39. The highest BCUT2D eigenvalue weighted by molar-refractivity contribution is 5.89. The van der Waals surface area contributed by atoms with Gasteiger partial charge in [-0.25, -0.2) is 9.97 Å². The average molecular weight is 793 g/mol. The van der Waals surface area contributed by atoms with Crippen molar-refractivity contribution >= 4 is 11.1 Å². The lowest BCUT2D eigenvalue weighted by atomic mass is 9.65. The molecule has 0 saturated heterocycles. The minimum atomic E-state index is -0.490. The summed E-state index contributed by atoms with van der Waals surface area (Å²) in [6.07, 6.45) is 6.31. The van der Waals surface area contributed by atoms with Gasteiger partial charge in [-0.3, -0.25) is 0 Å². The third kappa shape index (κ3) is 5.89. The van der Waals surface area contributed by atoms with E-state index in [-0.39, 0.29) is 0 Å². The quantitative estimate of drug-likeness (QED) is 0.168. The zero-order valence-electron chi connectivity index (χ0n) is 34.0. The highest BCUT2D eigenvalue weighted by Crippen LogP contribution is 2.62. The van der Waals surface area contributed by atoms with Crippen LogP contribution in [0, 0.1) is 0 Å². The molecule has 3 heteroatoms. The lowest BCUT2D eigenvalue weighted by Crippen LogP contribution is -2.32. The van der Waals surface area contributed by atoms with E-state index in [1.165, 1.54) is 72.3 Å². The molecular weight excluding hydrogens is 753 g/mol. The second-order valence-electron chi connectivity index (χ2n) is 16.4. The molecule has 8 aromatic carbocycles. The Bertz CT molecular complexity index is 3090. The van der Waals surface area contributed by atoms with E-state index >= 15 is 0 Å². The maximum absolute atomic E-state index is 6.72. The first-order valence-electron chi connectivity index (χ1n) is 21.4. The Morgan fingerprint density at radius 1 is 0.339 bits per heavy atom. The lowest BCUT2D eigenvalue weighted by molar-refractivity contribution is 0.436. The summed E-state index contributed by atoms with van der Waals surface area (Å²) in [7, 11) is 0. The van der Waals surface area contributed by atoms with Crippen LogP contribution in [0.15, 0.2) is 218 Å². The normalized spacial score (nSPS) is 14.1. The Balaban J connectivity index is 0.942. The third-order valence-electron chi connectivity index (χ3n) is 13.0. The molecule has 9 aromatic rings. The average Bonchev–Trinajstić information content (AvgIpc) is 3.65. The Morgan fingerprint density at radius 3 is 1.44 bits per heavy atom. The van der Waals surface area contributed by atoms with Crippen molar-refractivity contribution < 1.29 is 4.74 Å². The van der Waals surface area contributed by atoms with Gasteiger partial charge in [-0.15, -0.1) is 0 Å². The van der Waals surface area contributed by atoms with E-state index in [0.29, 0.717) is 0 Å². The molecule has 0 fully saturated rings. The molecule has 0 amide bonds. The topological polar surface area (TPSA) is 35.0 Å². The van der Waals surface area contributed by atoms with Crippen molar-refractivity contribution in [3.63, 3.8) is 0 Å². The summed E-state index contributed by atoms with van der Waals surface area (Å²) in [4.78, 5) is 10.5. The minimum Gasteiger partial charge on any atom is -0.457 e. The molecule has 1 aromatic heterocycles. The first-order chi connectivity index (χ1) is 30.7. The Morgan fingerprint density at radius 2 is 0.806 bits per heavy atom. The summed E-state index contributed by atoms with van der Waals surface area (Å²) in [5, 5.41) is 0. The molecule has 2 aliphatic carbocycles. The predicted molar refractivity (Wildman–Crippen MR) is 253 cm³/mol. The monoisotopic (exact) mass is 792 g/mol. The largest absolute Gasteiger partial charge is 0.457 e. The van der Waals surface area contributed by atoms with Crippen molar-refractivity contribution in [2.24, 2.45) is 0 Å². The van der Waals surface area contributed by atoms with E-state index in [9.17, 15) is 0 Å². The number of allylic oxidation sites excluding steroid dienone is 4. The summed E-state index contributed by atoms with van der Waals surface area (Å²) in [5.41, 5.74) is 19.4. The zero-order chi connectivity index (χ0) is 41.0. The van der Waals surface area contributed by atoms with Crippen molar-refractivity contribution in [1.82, 2.24) is 9.97 Å². The number of ether oxygens (including phenoxy) is 1. The van der Waals surface area contributed by atoms with Gasteiger partial charge in [0.2, 0.25) is 0 Å². The summed E-state index contributed by atoms with van der Waals surface area (Å²) in [6, 6.07) is 73.7. The molecule has 2 heterocycles. The Kier molecular flexibility index (Phi) is 8.53. The molecule has 1 aliphatic heterocycles. The predicted octanol–water partition coefficient (Wildman–Crippen LogP) is 14.9. The number of rotatable bonds is 6.